The molecule has 0 fully saturated rings. The van der Waals surface area contributed by atoms with Crippen LogP contribution < -0.4 is 103 Å². The van der Waals surface area contributed by atoms with Gasteiger partial charge in [-0.2, -0.15) is 8.42 Å². The normalized spacial score (nSPS) is 8.92. The predicted octanol–water partition coefficient (Wildman–Crippen LogP) is -7.82. The Morgan fingerprint density at radius 2 is 0.846 bits per heavy atom. The summed E-state index contributed by atoms with van der Waals surface area (Å²) in [5, 5.41) is 0. The van der Waals surface area contributed by atoms with Crippen molar-refractivity contribution < 1.29 is 143 Å². The van der Waals surface area contributed by atoms with Crippen LogP contribution in [0.5, 0.6) is 0 Å². The fourth-order valence-electron chi connectivity index (χ4n) is 0. The maximum absolute atomic E-state index is 8.74. The molecule has 0 aromatic heterocycles. The van der Waals surface area contributed by atoms with Crippen molar-refractivity contribution in [2.75, 3.05) is 0 Å². The van der Waals surface area contributed by atoms with Crippen LogP contribution in [-0.2, 0) is 20.8 Å². The van der Waals surface area contributed by atoms with Crippen molar-refractivity contribution in [2.24, 2.45) is 0 Å². The zero-order chi connectivity index (χ0) is 9.00. The van der Waals surface area contributed by atoms with E-state index in [4.69, 9.17) is 35.0 Å². The van der Waals surface area contributed by atoms with Crippen LogP contribution in [0.25, 0.3) is 0 Å². The molecule has 9 nitrogen and oxygen atoms in total. The van der Waals surface area contributed by atoms with Gasteiger partial charge in [-0.05, 0) is 0 Å². The molecular formula is H4K2O9S2. The van der Waals surface area contributed by atoms with Gasteiger partial charge in [0.15, 0.2) is 0 Å². The summed E-state index contributed by atoms with van der Waals surface area (Å²) in [6.07, 6.45) is 0. The Hall–Kier alpha value is 2.97. The van der Waals surface area contributed by atoms with E-state index >= 15 is 0 Å². The molecule has 0 saturated heterocycles. The van der Waals surface area contributed by atoms with Crippen molar-refractivity contribution in [3.05, 3.63) is 0 Å². The van der Waals surface area contributed by atoms with Crippen molar-refractivity contribution >= 4 is 20.8 Å². The van der Waals surface area contributed by atoms with Crippen molar-refractivity contribution in [3.63, 3.8) is 0 Å². The quantitative estimate of drug-likeness (QED) is 0.221. The molecule has 0 spiro atoms. The van der Waals surface area contributed by atoms with Gasteiger partial charge in [0, 0.05) is 0 Å². The van der Waals surface area contributed by atoms with Gasteiger partial charge in [0.2, 0.25) is 10.4 Å². The van der Waals surface area contributed by atoms with Gasteiger partial charge in [-0.1, -0.05) is 0 Å². The van der Waals surface area contributed by atoms with Crippen LogP contribution in [0.15, 0.2) is 0 Å². The molecular weight excluding hydrogens is 286 g/mol. The number of rotatable bonds is 0. The third-order valence-corrected chi connectivity index (χ3v) is 0. The zero-order valence-electron chi connectivity index (χ0n) is 6.65. The Labute approximate surface area is 160 Å². The van der Waals surface area contributed by atoms with Crippen LogP contribution in [0.4, 0.5) is 0 Å². The van der Waals surface area contributed by atoms with E-state index in [2.05, 4.69) is 0 Å². The van der Waals surface area contributed by atoms with E-state index in [9.17, 15) is 0 Å². The largest absolute Gasteiger partial charge is 1.00 e. The molecule has 4 N–H and O–H groups in total. The minimum Gasteiger partial charge on any atom is -0.870 e. The van der Waals surface area contributed by atoms with Gasteiger partial charge >= 0.3 is 113 Å². The first-order valence-electron chi connectivity index (χ1n) is 1.38. The molecule has 0 radical (unpaired) electrons. The average molecular weight is 290 g/mol. The molecule has 72 valence electrons. The van der Waals surface area contributed by atoms with Gasteiger partial charge in [-0.25, -0.2) is 8.42 Å². The molecule has 0 amide bonds. The first-order chi connectivity index (χ1) is 4.00. The van der Waals surface area contributed by atoms with Crippen LogP contribution in [0.2, 0.25) is 0 Å². The minimum absolute atomic E-state index is 0. The summed E-state index contributed by atoms with van der Waals surface area (Å²) >= 11 is 0. The molecule has 13 heteroatoms. The summed E-state index contributed by atoms with van der Waals surface area (Å²) < 4.78 is 64.4. The summed E-state index contributed by atoms with van der Waals surface area (Å²) in [5.41, 5.74) is 0. The second-order valence-electron chi connectivity index (χ2n) is 0.876. The van der Waals surface area contributed by atoms with E-state index in [1.54, 1.807) is 0 Å². The molecule has 0 aliphatic rings. The van der Waals surface area contributed by atoms with Crippen LogP contribution >= 0.6 is 0 Å². The SMILES string of the molecule is O=S(=O)(O)O.O=S(=O)([O-])O.[K+].[K+].[OH-]. The van der Waals surface area contributed by atoms with Gasteiger partial charge < -0.3 is 10.0 Å². The number of hydrogen-bond donors (Lipinski definition) is 3. The van der Waals surface area contributed by atoms with Gasteiger partial charge in [0.05, 0.1) is 0 Å². The second kappa shape index (κ2) is 13.0. The number of hydrogen-bond acceptors (Lipinski definition) is 6. The molecule has 0 unspecified atom stereocenters. The van der Waals surface area contributed by atoms with E-state index in [-0.39, 0.29) is 108 Å². The maximum Gasteiger partial charge on any atom is 1.00 e. The topological polar surface area (TPSA) is 182 Å². The standard InChI is InChI=1S/2K.2H2O4S.H2O/c;;2*1-5(2,3)4;/h;;2*(H2,1,2,3,4);1H2/q2*+1;;;/p-2. The van der Waals surface area contributed by atoms with Crippen LogP contribution in [0.1, 0.15) is 0 Å². The molecule has 0 atom stereocenters. The molecule has 0 aromatic carbocycles. The van der Waals surface area contributed by atoms with Gasteiger partial charge in [-0.15, -0.1) is 0 Å². The smallest absolute Gasteiger partial charge is 0.870 e. The van der Waals surface area contributed by atoms with Crippen molar-refractivity contribution in [1.29, 1.82) is 0 Å². The zero-order valence-corrected chi connectivity index (χ0v) is 14.5. The molecule has 0 heterocycles. The maximum atomic E-state index is 8.74. The molecule has 0 aliphatic carbocycles. The van der Waals surface area contributed by atoms with Crippen LogP contribution in [0.3, 0.4) is 0 Å². The Morgan fingerprint density at radius 1 is 0.846 bits per heavy atom. The molecule has 0 bridgehead atoms. The van der Waals surface area contributed by atoms with E-state index in [1.807, 2.05) is 0 Å². The van der Waals surface area contributed by atoms with E-state index in [1.165, 1.54) is 0 Å². The molecule has 0 aliphatic heterocycles. The molecule has 0 rings (SSSR count). The molecule has 0 saturated carbocycles. The Balaban J connectivity index is -0.0000000267. The fourth-order valence-corrected chi connectivity index (χ4v) is 0. The van der Waals surface area contributed by atoms with E-state index in [0.717, 1.165) is 0 Å². The third kappa shape index (κ3) is 285. The monoisotopic (exact) mass is 290 g/mol. The second-order valence-corrected chi connectivity index (χ2v) is 2.63. The van der Waals surface area contributed by atoms with E-state index < -0.39 is 20.8 Å². The fraction of sp³-hybridized carbons (Fsp3) is 0. The van der Waals surface area contributed by atoms with Crippen molar-refractivity contribution in [2.45, 2.75) is 0 Å². The van der Waals surface area contributed by atoms with E-state index in [0.29, 0.717) is 0 Å². The molecule has 13 heavy (non-hydrogen) atoms. The van der Waals surface area contributed by atoms with Crippen LogP contribution in [-0.4, -0.2) is 40.5 Å². The predicted molar refractivity (Wildman–Crippen MR) is 28.4 cm³/mol. The Morgan fingerprint density at radius 3 is 0.846 bits per heavy atom. The first kappa shape index (κ1) is 29.7. The summed E-state index contributed by atoms with van der Waals surface area (Å²) in [6.45, 7) is 0. The van der Waals surface area contributed by atoms with Crippen LogP contribution in [0, 0.1) is 0 Å². The van der Waals surface area contributed by atoms with Gasteiger partial charge in [0.25, 0.3) is 0 Å². The summed E-state index contributed by atoms with van der Waals surface area (Å²) in [7, 11) is -9.58. The Kier molecular flexibility index (Phi) is 29.8. The van der Waals surface area contributed by atoms with Gasteiger partial charge in [0.1, 0.15) is 0 Å². The average Bonchev–Trinajstić information content (AvgIpc) is 1.12. The summed E-state index contributed by atoms with van der Waals surface area (Å²) in [4.78, 5) is 0. The summed E-state index contributed by atoms with van der Waals surface area (Å²) in [6, 6.07) is 0. The van der Waals surface area contributed by atoms with Crippen molar-refractivity contribution in [3.8, 4) is 0 Å². The summed E-state index contributed by atoms with van der Waals surface area (Å²) in [5.74, 6) is 0. The van der Waals surface area contributed by atoms with Crippen molar-refractivity contribution in [1.82, 2.24) is 0 Å². The molecule has 0 aromatic rings. The first-order valence-corrected chi connectivity index (χ1v) is 4.14. The third-order valence-electron chi connectivity index (χ3n) is 0. The Bertz CT molecular complexity index is 212. The minimum atomic E-state index is -4.92. The van der Waals surface area contributed by atoms with Gasteiger partial charge in [-0.3, -0.25) is 13.7 Å².